The van der Waals surface area contributed by atoms with Crippen LogP contribution in [0.3, 0.4) is 0 Å². The van der Waals surface area contributed by atoms with Crippen LogP contribution in [0, 0.1) is 39.0 Å². The Bertz CT molecular complexity index is 3840. The zero-order chi connectivity index (χ0) is 46.0. The van der Waals surface area contributed by atoms with Crippen LogP contribution in [0.2, 0.25) is 0 Å². The predicted octanol–water partition coefficient (Wildman–Crippen LogP) is 15.5. The molecule has 6 nitrogen and oxygen atoms in total. The molecule has 68 heavy (non-hydrogen) atoms. The van der Waals surface area contributed by atoms with Crippen LogP contribution in [0.25, 0.3) is 111 Å². The third-order valence-corrected chi connectivity index (χ3v) is 13.2. The molecule has 0 spiro atoms. The molecule has 0 unspecified atom stereocenters. The summed E-state index contributed by atoms with van der Waals surface area (Å²) in [7, 11) is 0. The van der Waals surface area contributed by atoms with Gasteiger partial charge in [0.2, 0.25) is 0 Å². The minimum Gasteiger partial charge on any atom is -0.309 e. The fourth-order valence-electron chi connectivity index (χ4n) is 9.95. The Balaban J connectivity index is 1.16. The first kappa shape index (κ1) is 40.6. The summed E-state index contributed by atoms with van der Waals surface area (Å²) in [6.45, 7) is 8.62. The number of hydrogen-bond acceptors (Lipinski definition) is 4. The van der Waals surface area contributed by atoms with Gasteiger partial charge in [0.05, 0.1) is 45.1 Å². The van der Waals surface area contributed by atoms with Gasteiger partial charge in [-0.3, -0.25) is 0 Å². The molecule has 0 radical (unpaired) electrons. The van der Waals surface area contributed by atoms with E-state index in [4.69, 9.17) is 15.0 Å². The zero-order valence-corrected chi connectivity index (χ0v) is 38.2. The van der Waals surface area contributed by atoms with Crippen LogP contribution in [0.5, 0.6) is 0 Å². The van der Waals surface area contributed by atoms with Crippen molar-refractivity contribution in [1.29, 1.82) is 5.26 Å². The van der Waals surface area contributed by atoms with Crippen LogP contribution < -0.4 is 0 Å². The van der Waals surface area contributed by atoms with Crippen LogP contribution in [-0.4, -0.2) is 24.1 Å². The van der Waals surface area contributed by atoms with E-state index in [2.05, 4.69) is 158 Å². The van der Waals surface area contributed by atoms with Crippen molar-refractivity contribution in [2.75, 3.05) is 0 Å². The second-order valence-electron chi connectivity index (χ2n) is 17.9. The Morgan fingerprint density at radius 1 is 0.338 bits per heavy atom. The predicted molar refractivity (Wildman–Crippen MR) is 279 cm³/mol. The van der Waals surface area contributed by atoms with Gasteiger partial charge in [-0.15, -0.1) is 0 Å². The molecule has 9 aromatic carbocycles. The maximum atomic E-state index is 10.2. The van der Waals surface area contributed by atoms with Crippen LogP contribution >= 0.6 is 0 Å². The molecule has 0 aliphatic heterocycles. The minimum atomic E-state index is 0.577. The molecule has 12 rings (SSSR count). The SMILES string of the molecule is Cc1ccc2c(c1)c1cc(C)ccc1n2-c1ccc(-c2nc(-c3ccccc3)nc(-c3ccccc3)n2)cc1-c1ccc(-n2c3ccc(C)cc3c3cc(C)ccc32)c(-c2cccc(C#N)c2)c1. The third-order valence-electron chi connectivity index (χ3n) is 13.2. The summed E-state index contributed by atoms with van der Waals surface area (Å²) in [4.78, 5) is 15.4. The van der Waals surface area contributed by atoms with Gasteiger partial charge >= 0.3 is 0 Å². The van der Waals surface area contributed by atoms with Crippen LogP contribution in [-0.2, 0) is 0 Å². The molecular formula is C62H44N6. The van der Waals surface area contributed by atoms with Crippen LogP contribution in [0.15, 0.2) is 194 Å². The van der Waals surface area contributed by atoms with Gasteiger partial charge in [-0.1, -0.05) is 125 Å². The van der Waals surface area contributed by atoms with Crippen molar-refractivity contribution in [1.82, 2.24) is 24.1 Å². The van der Waals surface area contributed by atoms with Gasteiger partial charge in [0.15, 0.2) is 17.5 Å². The summed E-state index contributed by atoms with van der Waals surface area (Å²) >= 11 is 0. The number of fused-ring (bicyclic) bond motifs is 6. The highest BCUT2D eigenvalue weighted by molar-refractivity contribution is 6.12. The Hall–Kier alpha value is -8.92. The van der Waals surface area contributed by atoms with E-state index in [0.29, 0.717) is 23.0 Å². The minimum absolute atomic E-state index is 0.577. The molecule has 0 saturated carbocycles. The molecule has 0 aliphatic carbocycles. The summed E-state index contributed by atoms with van der Waals surface area (Å²) in [6, 6.07) is 70.9. The van der Waals surface area contributed by atoms with E-state index in [1.54, 1.807) is 0 Å². The van der Waals surface area contributed by atoms with Crippen LogP contribution in [0.4, 0.5) is 0 Å². The fraction of sp³-hybridized carbons (Fsp3) is 0.0645. The molecule has 0 saturated heterocycles. The first-order chi connectivity index (χ1) is 33.3. The number of benzene rings is 9. The number of aromatic nitrogens is 5. The van der Waals surface area contributed by atoms with E-state index in [-0.39, 0.29) is 0 Å². The number of rotatable bonds is 7. The van der Waals surface area contributed by atoms with E-state index in [1.807, 2.05) is 78.9 Å². The lowest BCUT2D eigenvalue weighted by atomic mass is 9.94. The van der Waals surface area contributed by atoms with E-state index >= 15 is 0 Å². The van der Waals surface area contributed by atoms with Crippen molar-refractivity contribution in [3.8, 4) is 73.9 Å². The summed E-state index contributed by atoms with van der Waals surface area (Å²) in [5.74, 6) is 1.79. The van der Waals surface area contributed by atoms with Crippen LogP contribution in [0.1, 0.15) is 27.8 Å². The molecule has 0 amide bonds. The molecule has 0 N–H and O–H groups in total. The third kappa shape index (κ3) is 6.92. The largest absolute Gasteiger partial charge is 0.309 e. The smallest absolute Gasteiger partial charge is 0.164 e. The Labute approximate surface area is 394 Å². The maximum Gasteiger partial charge on any atom is 0.164 e. The number of hydrogen-bond donors (Lipinski definition) is 0. The second kappa shape index (κ2) is 16.2. The standard InChI is InChI=1S/C62H44N6/c1-38-18-24-56-50(30-38)51-31-39(2)19-25-57(51)67(56)54-28-22-46(35-48(54)45-17-11-12-42(34-45)37-63)49-36-47(62-65-60(43-13-7-5-8-14-43)64-61(66-62)44-15-9-6-10-16-44)23-29-55(49)68-58-26-20-40(3)32-52(58)53-33-41(4)21-27-59(53)68/h5-36H,1-4H3. The molecule has 0 atom stereocenters. The molecule has 3 aromatic heterocycles. The number of nitriles is 1. The molecule has 0 bridgehead atoms. The quantitative estimate of drug-likeness (QED) is 0.160. The van der Waals surface area contributed by atoms with Crippen molar-refractivity contribution in [2.45, 2.75) is 27.7 Å². The van der Waals surface area contributed by atoms with E-state index in [1.165, 1.54) is 43.8 Å². The van der Waals surface area contributed by atoms with Crippen molar-refractivity contribution in [3.05, 3.63) is 222 Å². The zero-order valence-electron chi connectivity index (χ0n) is 38.2. The average molecular weight is 873 g/mol. The molecule has 3 heterocycles. The number of aryl methyl sites for hydroxylation is 4. The summed E-state index contributed by atoms with van der Waals surface area (Å²) in [5, 5.41) is 15.1. The first-order valence-corrected chi connectivity index (χ1v) is 23.0. The fourth-order valence-corrected chi connectivity index (χ4v) is 9.95. The lowest BCUT2D eigenvalue weighted by Crippen LogP contribution is -2.02. The van der Waals surface area contributed by atoms with E-state index in [9.17, 15) is 5.26 Å². The summed E-state index contributed by atoms with van der Waals surface area (Å²) in [5.41, 5.74) is 18.6. The van der Waals surface area contributed by atoms with Crippen molar-refractivity contribution < 1.29 is 0 Å². The molecule has 0 fully saturated rings. The average Bonchev–Trinajstić information content (AvgIpc) is 3.86. The van der Waals surface area contributed by atoms with Crippen molar-refractivity contribution in [3.63, 3.8) is 0 Å². The van der Waals surface area contributed by atoms with E-state index < -0.39 is 0 Å². The topological polar surface area (TPSA) is 72.3 Å². The van der Waals surface area contributed by atoms with Gasteiger partial charge in [0.25, 0.3) is 0 Å². The van der Waals surface area contributed by atoms with Crippen molar-refractivity contribution in [2.24, 2.45) is 0 Å². The summed E-state index contributed by atoms with van der Waals surface area (Å²) < 4.78 is 4.79. The molecular weight excluding hydrogens is 829 g/mol. The van der Waals surface area contributed by atoms with Gasteiger partial charge in [-0.05, 0) is 130 Å². The highest BCUT2D eigenvalue weighted by Crippen LogP contribution is 2.43. The molecule has 12 aromatic rings. The highest BCUT2D eigenvalue weighted by Gasteiger charge is 2.22. The molecule has 0 aliphatic rings. The second-order valence-corrected chi connectivity index (χ2v) is 17.9. The van der Waals surface area contributed by atoms with Gasteiger partial charge in [0.1, 0.15) is 0 Å². The molecule has 6 heteroatoms. The van der Waals surface area contributed by atoms with E-state index in [0.717, 1.165) is 72.4 Å². The molecule has 322 valence electrons. The number of nitrogens with zero attached hydrogens (tertiary/aromatic N) is 6. The normalized spacial score (nSPS) is 11.5. The lowest BCUT2D eigenvalue weighted by molar-refractivity contribution is 1.07. The highest BCUT2D eigenvalue weighted by atomic mass is 15.0. The van der Waals surface area contributed by atoms with Crippen molar-refractivity contribution >= 4 is 43.6 Å². The summed E-state index contributed by atoms with van der Waals surface area (Å²) in [6.07, 6.45) is 0. The van der Waals surface area contributed by atoms with Gasteiger partial charge in [0, 0.05) is 49.4 Å². The Morgan fingerprint density at radius 2 is 0.706 bits per heavy atom. The maximum absolute atomic E-state index is 10.2. The van der Waals surface area contributed by atoms with Gasteiger partial charge in [-0.25, -0.2) is 15.0 Å². The van der Waals surface area contributed by atoms with Gasteiger partial charge < -0.3 is 9.13 Å². The van der Waals surface area contributed by atoms with Gasteiger partial charge in [-0.2, -0.15) is 5.26 Å². The monoisotopic (exact) mass is 872 g/mol. The lowest BCUT2D eigenvalue weighted by Gasteiger charge is -2.19. The first-order valence-electron chi connectivity index (χ1n) is 23.0. The Kier molecular flexibility index (Phi) is 9.67. The Morgan fingerprint density at radius 3 is 1.13 bits per heavy atom.